The van der Waals surface area contributed by atoms with Crippen molar-refractivity contribution >= 4 is 22.7 Å². The number of aromatic nitrogens is 5. The maximum atomic E-state index is 13.2. The fourth-order valence-corrected chi connectivity index (χ4v) is 4.32. The van der Waals surface area contributed by atoms with Gasteiger partial charge in [-0.2, -0.15) is 9.97 Å². The Bertz CT molecular complexity index is 1420. The first-order chi connectivity index (χ1) is 15.9. The highest BCUT2D eigenvalue weighted by Crippen LogP contribution is 2.36. The summed E-state index contributed by atoms with van der Waals surface area (Å²) >= 11 is 0. The monoisotopic (exact) mass is 445 g/mol. The summed E-state index contributed by atoms with van der Waals surface area (Å²) in [6.45, 7) is 8.00. The minimum absolute atomic E-state index is 0.0980. The van der Waals surface area contributed by atoms with Crippen LogP contribution in [0.15, 0.2) is 39.9 Å². The minimum atomic E-state index is -0.241. The van der Waals surface area contributed by atoms with Gasteiger partial charge >= 0.3 is 0 Å². The summed E-state index contributed by atoms with van der Waals surface area (Å²) in [6, 6.07) is 6.48. The molecule has 0 unspecified atom stereocenters. The standard InChI is InChI=1S/C24H27N7O2/c1-24(2,3)22-28-19(13-33-22)31-20-18(21(32)30(31)17-6-7-17)12-26-23(29-20)27-16-5-4-14-8-9-25-11-15(14)10-16/h4-5,10,12-13,17,25H,6-9,11H2,1-3H3,(H,26,27,29). The molecule has 0 amide bonds. The quantitative estimate of drug-likeness (QED) is 0.495. The molecule has 0 atom stereocenters. The summed E-state index contributed by atoms with van der Waals surface area (Å²) < 4.78 is 9.30. The third kappa shape index (κ3) is 3.52. The highest BCUT2D eigenvalue weighted by Gasteiger charge is 2.32. The van der Waals surface area contributed by atoms with E-state index in [-0.39, 0.29) is 17.0 Å². The van der Waals surface area contributed by atoms with Crippen molar-refractivity contribution in [2.24, 2.45) is 0 Å². The molecule has 6 rings (SSSR count). The van der Waals surface area contributed by atoms with E-state index in [1.807, 2.05) is 26.8 Å². The van der Waals surface area contributed by atoms with Gasteiger partial charge in [-0.25, -0.2) is 14.3 Å². The van der Waals surface area contributed by atoms with Gasteiger partial charge in [0.1, 0.15) is 11.6 Å². The van der Waals surface area contributed by atoms with E-state index >= 15 is 0 Å². The van der Waals surface area contributed by atoms with Crippen LogP contribution in [0.4, 0.5) is 11.6 Å². The van der Waals surface area contributed by atoms with Crippen LogP contribution in [-0.2, 0) is 18.4 Å². The Morgan fingerprint density at radius 1 is 1.18 bits per heavy atom. The molecule has 1 aromatic carbocycles. The molecule has 2 N–H and O–H groups in total. The molecule has 9 heteroatoms. The zero-order chi connectivity index (χ0) is 22.7. The van der Waals surface area contributed by atoms with Gasteiger partial charge < -0.3 is 15.1 Å². The largest absolute Gasteiger partial charge is 0.446 e. The van der Waals surface area contributed by atoms with E-state index in [9.17, 15) is 4.79 Å². The predicted molar refractivity (Wildman–Crippen MR) is 125 cm³/mol. The third-order valence-electron chi connectivity index (χ3n) is 6.22. The van der Waals surface area contributed by atoms with Gasteiger partial charge in [0.2, 0.25) is 11.8 Å². The van der Waals surface area contributed by atoms with Crippen molar-refractivity contribution in [3.8, 4) is 5.82 Å². The van der Waals surface area contributed by atoms with E-state index in [2.05, 4.69) is 27.8 Å². The SMILES string of the molecule is CC(C)(C)c1nc(-n2c3nc(Nc4ccc5c(c4)CNCC5)ncc3c(=O)n2C2CC2)co1. The smallest absolute Gasteiger partial charge is 0.278 e. The zero-order valence-corrected chi connectivity index (χ0v) is 19.1. The first-order valence-corrected chi connectivity index (χ1v) is 11.4. The van der Waals surface area contributed by atoms with Gasteiger partial charge in [-0.15, -0.1) is 0 Å². The van der Waals surface area contributed by atoms with Crippen LogP contribution in [0.3, 0.4) is 0 Å². The van der Waals surface area contributed by atoms with Crippen molar-refractivity contribution in [2.75, 3.05) is 11.9 Å². The lowest BCUT2D eigenvalue weighted by Gasteiger charge is -2.18. The van der Waals surface area contributed by atoms with Crippen molar-refractivity contribution in [3.05, 3.63) is 58.0 Å². The Hall–Kier alpha value is -3.46. The molecule has 9 nitrogen and oxygen atoms in total. The normalized spacial score (nSPS) is 16.2. The third-order valence-corrected chi connectivity index (χ3v) is 6.22. The maximum absolute atomic E-state index is 13.2. The number of fused-ring (bicyclic) bond motifs is 2. The van der Waals surface area contributed by atoms with E-state index < -0.39 is 0 Å². The molecule has 0 radical (unpaired) electrons. The van der Waals surface area contributed by atoms with E-state index in [0.29, 0.717) is 28.7 Å². The van der Waals surface area contributed by atoms with Crippen LogP contribution in [-0.4, -0.2) is 30.9 Å². The second kappa shape index (κ2) is 7.28. The topological polar surface area (TPSA) is 103 Å². The number of anilines is 2. The molecule has 1 aliphatic carbocycles. The fraction of sp³-hybridized carbons (Fsp3) is 0.417. The second-order valence-electron chi connectivity index (χ2n) is 9.92. The van der Waals surface area contributed by atoms with Gasteiger partial charge in [0.25, 0.3) is 5.56 Å². The molecule has 1 aliphatic heterocycles. The van der Waals surface area contributed by atoms with Crippen LogP contribution in [0.2, 0.25) is 0 Å². The number of oxazole rings is 1. The molecule has 3 aromatic heterocycles. The van der Waals surface area contributed by atoms with Crippen molar-refractivity contribution in [3.63, 3.8) is 0 Å². The van der Waals surface area contributed by atoms with E-state index in [0.717, 1.165) is 38.0 Å². The van der Waals surface area contributed by atoms with Crippen molar-refractivity contribution in [1.82, 2.24) is 29.6 Å². The average Bonchev–Trinajstić information content (AvgIpc) is 3.42. The second-order valence-corrected chi connectivity index (χ2v) is 9.92. The Morgan fingerprint density at radius 2 is 2.03 bits per heavy atom. The highest BCUT2D eigenvalue weighted by atomic mass is 16.3. The molecule has 4 heterocycles. The lowest BCUT2D eigenvalue weighted by Crippen LogP contribution is -2.23. The van der Waals surface area contributed by atoms with Gasteiger partial charge in [0, 0.05) is 23.8 Å². The van der Waals surface area contributed by atoms with Gasteiger partial charge in [-0.05, 0) is 49.1 Å². The van der Waals surface area contributed by atoms with E-state index in [1.165, 1.54) is 11.1 Å². The van der Waals surface area contributed by atoms with Crippen LogP contribution >= 0.6 is 0 Å². The van der Waals surface area contributed by atoms with Gasteiger partial charge in [-0.3, -0.25) is 4.79 Å². The first-order valence-electron chi connectivity index (χ1n) is 11.4. The molecule has 170 valence electrons. The lowest BCUT2D eigenvalue weighted by molar-refractivity contribution is 0.392. The first kappa shape index (κ1) is 20.2. The van der Waals surface area contributed by atoms with Crippen LogP contribution in [0.25, 0.3) is 16.9 Å². The van der Waals surface area contributed by atoms with E-state index in [1.54, 1.807) is 21.8 Å². The summed E-state index contributed by atoms with van der Waals surface area (Å²) in [4.78, 5) is 27.1. The van der Waals surface area contributed by atoms with Crippen molar-refractivity contribution < 1.29 is 4.42 Å². The number of nitrogens with one attached hydrogen (secondary N) is 2. The van der Waals surface area contributed by atoms with Crippen molar-refractivity contribution in [2.45, 2.75) is 58.0 Å². The summed E-state index contributed by atoms with van der Waals surface area (Å²) in [5, 5.41) is 7.19. The lowest BCUT2D eigenvalue weighted by atomic mass is 9.97. The van der Waals surface area contributed by atoms with E-state index in [4.69, 9.17) is 14.4 Å². The van der Waals surface area contributed by atoms with Crippen molar-refractivity contribution in [1.29, 1.82) is 0 Å². The Balaban J connectivity index is 1.44. The van der Waals surface area contributed by atoms with Gasteiger partial charge in [-0.1, -0.05) is 26.8 Å². The number of rotatable bonds is 4. The number of hydrogen-bond donors (Lipinski definition) is 2. The predicted octanol–water partition coefficient (Wildman–Crippen LogP) is 3.59. The minimum Gasteiger partial charge on any atom is -0.446 e. The highest BCUT2D eigenvalue weighted by molar-refractivity contribution is 5.77. The zero-order valence-electron chi connectivity index (χ0n) is 19.1. The Morgan fingerprint density at radius 3 is 2.79 bits per heavy atom. The average molecular weight is 446 g/mol. The molecule has 1 fully saturated rings. The number of benzene rings is 1. The molecular weight excluding hydrogens is 418 g/mol. The van der Waals surface area contributed by atoms with Crippen LogP contribution < -0.4 is 16.2 Å². The maximum Gasteiger partial charge on any atom is 0.278 e. The summed E-state index contributed by atoms with van der Waals surface area (Å²) in [7, 11) is 0. The van der Waals surface area contributed by atoms with Crippen LogP contribution in [0.5, 0.6) is 0 Å². The van der Waals surface area contributed by atoms with Gasteiger partial charge in [0.15, 0.2) is 11.5 Å². The molecule has 1 saturated carbocycles. The van der Waals surface area contributed by atoms with Crippen LogP contribution in [0.1, 0.15) is 56.7 Å². The molecular formula is C24H27N7O2. The Labute approximate surface area is 190 Å². The summed E-state index contributed by atoms with van der Waals surface area (Å²) in [6.07, 6.45) is 6.16. The summed E-state index contributed by atoms with van der Waals surface area (Å²) in [5.41, 5.74) is 3.75. The fourth-order valence-electron chi connectivity index (χ4n) is 4.32. The number of nitrogens with zero attached hydrogens (tertiary/aromatic N) is 5. The molecule has 33 heavy (non-hydrogen) atoms. The molecule has 0 spiro atoms. The number of hydrogen-bond acceptors (Lipinski definition) is 7. The molecule has 0 bridgehead atoms. The molecule has 2 aliphatic rings. The van der Waals surface area contributed by atoms with Gasteiger partial charge in [0.05, 0.1) is 6.04 Å². The van der Waals surface area contributed by atoms with Crippen LogP contribution in [0, 0.1) is 0 Å². The molecule has 0 saturated heterocycles. The molecule has 4 aromatic rings. The summed E-state index contributed by atoms with van der Waals surface area (Å²) in [5.74, 6) is 1.61. The Kier molecular flexibility index (Phi) is 4.45.